The lowest BCUT2D eigenvalue weighted by molar-refractivity contribution is -0.122. The predicted molar refractivity (Wildman–Crippen MR) is 92.9 cm³/mol. The van der Waals surface area contributed by atoms with Gasteiger partial charge in [0, 0.05) is 18.2 Å². The molecule has 0 saturated heterocycles. The van der Waals surface area contributed by atoms with Gasteiger partial charge < -0.3 is 14.8 Å². The van der Waals surface area contributed by atoms with Gasteiger partial charge in [0.05, 0.1) is 6.20 Å². The third-order valence-corrected chi connectivity index (χ3v) is 4.98. The molecule has 2 aromatic rings. The lowest BCUT2D eigenvalue weighted by atomic mass is 10.1. The molecule has 0 unspecified atom stereocenters. The van der Waals surface area contributed by atoms with Crippen molar-refractivity contribution in [2.45, 2.75) is 32.1 Å². The van der Waals surface area contributed by atoms with E-state index in [9.17, 15) is 4.79 Å². The molecule has 132 valence electrons. The van der Waals surface area contributed by atoms with Crippen molar-refractivity contribution in [3.8, 4) is 11.5 Å². The largest absolute Gasteiger partial charge is 0.486 e. The van der Waals surface area contributed by atoms with E-state index in [1.165, 1.54) is 11.1 Å². The smallest absolute Gasteiger partial charge is 0.223 e. The number of benzene rings is 1. The van der Waals surface area contributed by atoms with E-state index in [0.29, 0.717) is 25.7 Å². The molecule has 1 amide bonds. The molecule has 2 atom stereocenters. The van der Waals surface area contributed by atoms with Gasteiger partial charge in [-0.3, -0.25) is 9.89 Å². The van der Waals surface area contributed by atoms with Crippen LogP contribution in [0.25, 0.3) is 0 Å². The maximum absolute atomic E-state index is 12.3. The van der Waals surface area contributed by atoms with Crippen LogP contribution in [0.15, 0.2) is 24.4 Å². The fraction of sp³-hybridized carbons (Fsp3) is 0.474. The van der Waals surface area contributed by atoms with Crippen LogP contribution in [0, 0.1) is 12.8 Å². The van der Waals surface area contributed by atoms with E-state index >= 15 is 0 Å². The number of nitrogens with zero attached hydrogens (tertiary/aromatic N) is 1. The number of fused-ring (bicyclic) bond motifs is 1. The molecule has 0 radical (unpaired) electrons. The Hall–Kier alpha value is -2.50. The van der Waals surface area contributed by atoms with E-state index in [2.05, 4.69) is 15.5 Å². The van der Waals surface area contributed by atoms with Gasteiger partial charge in [0.15, 0.2) is 11.5 Å². The number of carbonyl (C=O) groups excluding carboxylic acids is 1. The zero-order valence-corrected chi connectivity index (χ0v) is 14.4. The van der Waals surface area contributed by atoms with Gasteiger partial charge in [-0.25, -0.2) is 0 Å². The van der Waals surface area contributed by atoms with E-state index in [1.54, 1.807) is 0 Å². The first-order valence-corrected chi connectivity index (χ1v) is 8.88. The number of carbonyl (C=O) groups is 1. The summed E-state index contributed by atoms with van der Waals surface area (Å²) in [4.78, 5) is 12.3. The second-order valence-electron chi connectivity index (χ2n) is 6.77. The molecular formula is C19H23N3O3. The first-order chi connectivity index (χ1) is 12.2. The van der Waals surface area contributed by atoms with Crippen molar-refractivity contribution >= 4 is 5.91 Å². The topological polar surface area (TPSA) is 76.2 Å². The van der Waals surface area contributed by atoms with Crippen molar-refractivity contribution in [3.63, 3.8) is 0 Å². The zero-order chi connectivity index (χ0) is 17.2. The Bertz CT molecular complexity index is 771. The molecule has 6 nitrogen and oxygen atoms in total. The Labute approximate surface area is 146 Å². The maximum atomic E-state index is 12.3. The minimum absolute atomic E-state index is 0.0817. The molecule has 1 aromatic carbocycles. The maximum Gasteiger partial charge on any atom is 0.223 e. The summed E-state index contributed by atoms with van der Waals surface area (Å²) in [6, 6.07) is 6.02. The molecule has 2 aliphatic rings. The standard InChI is InChI=1S/C19H23N3O3/c1-12-14(11-21-22-12)3-2-6-20-19(23)16-10-15(16)13-4-5-17-18(9-13)25-8-7-24-17/h4-5,9,11,15-16H,2-3,6-8,10H2,1H3,(H,20,23)(H,21,22)/t15-,16+/m1/s1. The van der Waals surface area contributed by atoms with Crippen LogP contribution in [0.1, 0.15) is 35.6 Å². The van der Waals surface area contributed by atoms with Gasteiger partial charge in [0.2, 0.25) is 5.91 Å². The van der Waals surface area contributed by atoms with E-state index in [-0.39, 0.29) is 11.8 Å². The molecule has 25 heavy (non-hydrogen) atoms. The summed E-state index contributed by atoms with van der Waals surface area (Å²) in [5.41, 5.74) is 3.49. The fourth-order valence-electron chi connectivity index (χ4n) is 3.39. The molecule has 1 aromatic heterocycles. The Balaban J connectivity index is 1.25. The highest BCUT2D eigenvalue weighted by Crippen LogP contribution is 2.49. The number of aryl methyl sites for hydroxylation is 2. The average molecular weight is 341 g/mol. The number of nitrogens with one attached hydrogen (secondary N) is 2. The Morgan fingerprint density at radius 3 is 2.96 bits per heavy atom. The van der Waals surface area contributed by atoms with Gasteiger partial charge >= 0.3 is 0 Å². The molecule has 6 heteroatoms. The van der Waals surface area contributed by atoms with E-state index in [4.69, 9.17) is 9.47 Å². The van der Waals surface area contributed by atoms with Gasteiger partial charge in [-0.2, -0.15) is 5.10 Å². The van der Waals surface area contributed by atoms with Crippen molar-refractivity contribution in [2.24, 2.45) is 5.92 Å². The van der Waals surface area contributed by atoms with Crippen LogP contribution < -0.4 is 14.8 Å². The third kappa shape index (κ3) is 3.48. The summed E-state index contributed by atoms with van der Waals surface area (Å²) in [6.45, 7) is 3.90. The van der Waals surface area contributed by atoms with Crippen molar-refractivity contribution in [2.75, 3.05) is 19.8 Å². The van der Waals surface area contributed by atoms with Crippen LogP contribution in [0.4, 0.5) is 0 Å². The van der Waals surface area contributed by atoms with Crippen LogP contribution >= 0.6 is 0 Å². The van der Waals surface area contributed by atoms with Gasteiger partial charge in [0.1, 0.15) is 13.2 Å². The van der Waals surface area contributed by atoms with Crippen LogP contribution in [-0.4, -0.2) is 35.9 Å². The Kier molecular flexibility index (Phi) is 4.34. The molecular weight excluding hydrogens is 318 g/mol. The molecule has 2 N–H and O–H groups in total. The minimum atomic E-state index is 0.0817. The van der Waals surface area contributed by atoms with Crippen LogP contribution in [-0.2, 0) is 11.2 Å². The number of amides is 1. The quantitative estimate of drug-likeness (QED) is 0.791. The fourth-order valence-corrected chi connectivity index (χ4v) is 3.39. The van der Waals surface area contributed by atoms with E-state index in [1.807, 2.05) is 31.3 Å². The highest BCUT2D eigenvalue weighted by molar-refractivity contribution is 5.82. The van der Waals surface area contributed by atoms with Crippen molar-refractivity contribution in [1.82, 2.24) is 15.5 Å². The van der Waals surface area contributed by atoms with Gasteiger partial charge in [-0.1, -0.05) is 6.07 Å². The highest BCUT2D eigenvalue weighted by atomic mass is 16.6. The van der Waals surface area contributed by atoms with Crippen LogP contribution in [0.3, 0.4) is 0 Å². The number of hydrogen-bond donors (Lipinski definition) is 2. The average Bonchev–Trinajstić information content (AvgIpc) is 3.34. The Morgan fingerprint density at radius 1 is 1.32 bits per heavy atom. The predicted octanol–water partition coefficient (Wildman–Crippen LogP) is 2.34. The number of ether oxygens (including phenoxy) is 2. The summed E-state index contributed by atoms with van der Waals surface area (Å²) in [7, 11) is 0. The number of aromatic amines is 1. The highest BCUT2D eigenvalue weighted by Gasteiger charge is 2.44. The van der Waals surface area contributed by atoms with E-state index < -0.39 is 0 Å². The molecule has 2 heterocycles. The number of H-pyrrole nitrogens is 1. The summed E-state index contributed by atoms with van der Waals surface area (Å²) in [6.07, 6.45) is 4.62. The molecule has 0 bridgehead atoms. The molecule has 0 spiro atoms. The van der Waals surface area contributed by atoms with Gasteiger partial charge in [-0.05, 0) is 55.4 Å². The number of rotatable bonds is 6. The molecule has 1 saturated carbocycles. The molecule has 1 aliphatic carbocycles. The molecule has 1 aliphatic heterocycles. The van der Waals surface area contributed by atoms with Crippen LogP contribution in [0.5, 0.6) is 11.5 Å². The van der Waals surface area contributed by atoms with E-state index in [0.717, 1.165) is 36.5 Å². The number of hydrogen-bond acceptors (Lipinski definition) is 4. The summed E-state index contributed by atoms with van der Waals surface area (Å²) >= 11 is 0. The SMILES string of the molecule is Cc1[nH]ncc1CCCNC(=O)[C@H]1C[C@@H]1c1ccc2c(c1)OCCO2. The van der Waals surface area contributed by atoms with Crippen LogP contribution in [0.2, 0.25) is 0 Å². The lowest BCUT2D eigenvalue weighted by Gasteiger charge is -2.18. The van der Waals surface area contributed by atoms with Gasteiger partial charge in [0.25, 0.3) is 0 Å². The summed E-state index contributed by atoms with van der Waals surface area (Å²) < 4.78 is 11.2. The molecule has 4 rings (SSSR count). The monoisotopic (exact) mass is 341 g/mol. The van der Waals surface area contributed by atoms with Crippen molar-refractivity contribution in [1.29, 1.82) is 0 Å². The summed E-state index contributed by atoms with van der Waals surface area (Å²) in [5, 5.41) is 10.0. The second kappa shape index (κ2) is 6.78. The first-order valence-electron chi connectivity index (χ1n) is 8.88. The Morgan fingerprint density at radius 2 is 2.16 bits per heavy atom. The minimum Gasteiger partial charge on any atom is -0.486 e. The zero-order valence-electron chi connectivity index (χ0n) is 14.4. The normalized spacial score (nSPS) is 21.0. The van der Waals surface area contributed by atoms with Crippen molar-refractivity contribution < 1.29 is 14.3 Å². The van der Waals surface area contributed by atoms with Crippen molar-refractivity contribution in [3.05, 3.63) is 41.2 Å². The third-order valence-electron chi connectivity index (χ3n) is 4.98. The van der Waals surface area contributed by atoms with Gasteiger partial charge in [-0.15, -0.1) is 0 Å². The summed E-state index contributed by atoms with van der Waals surface area (Å²) in [5.74, 6) is 2.13. The second-order valence-corrected chi connectivity index (χ2v) is 6.77. The molecule has 1 fully saturated rings. The lowest BCUT2D eigenvalue weighted by Crippen LogP contribution is -2.26. The number of aromatic nitrogens is 2. The first kappa shape index (κ1) is 16.0.